The lowest BCUT2D eigenvalue weighted by Crippen LogP contribution is -2.43. The molecule has 1 aliphatic rings. The molecule has 2 heterocycles. The van der Waals surface area contributed by atoms with E-state index in [1.165, 1.54) is 16.7 Å². The molecule has 1 amide bonds. The van der Waals surface area contributed by atoms with Crippen molar-refractivity contribution in [2.24, 2.45) is 5.41 Å². The third-order valence-electron chi connectivity index (χ3n) is 6.01. The maximum Gasteiger partial charge on any atom is 0.229 e. The largest absolute Gasteiger partial charge is 0.354 e. The summed E-state index contributed by atoms with van der Waals surface area (Å²) in [4.78, 5) is 26.9. The Balaban J connectivity index is 1.88. The molecule has 2 aromatic rings. The highest BCUT2D eigenvalue weighted by Gasteiger charge is 2.32. The normalized spacial score (nSPS) is 15.2. The van der Waals surface area contributed by atoms with Crippen LogP contribution in [0.4, 0.5) is 5.82 Å². The van der Waals surface area contributed by atoms with Crippen LogP contribution in [0.2, 0.25) is 0 Å². The highest BCUT2D eigenvalue weighted by Crippen LogP contribution is 2.27. The zero-order chi connectivity index (χ0) is 22.6. The Hall–Kier alpha value is -2.14. The summed E-state index contributed by atoms with van der Waals surface area (Å²) in [5.74, 6) is 2.30. The highest BCUT2D eigenvalue weighted by atomic mass is 35.5. The average Bonchev–Trinajstić information content (AvgIpc) is 3.01. The first-order valence-corrected chi connectivity index (χ1v) is 11.8. The van der Waals surface area contributed by atoms with Gasteiger partial charge in [-0.3, -0.25) is 4.79 Å². The van der Waals surface area contributed by atoms with E-state index in [0.717, 1.165) is 56.2 Å². The zero-order valence-corrected chi connectivity index (χ0v) is 20.3. The van der Waals surface area contributed by atoms with E-state index in [0.29, 0.717) is 12.4 Å². The van der Waals surface area contributed by atoms with E-state index >= 15 is 0 Å². The van der Waals surface area contributed by atoms with Gasteiger partial charge >= 0.3 is 0 Å². The average molecular weight is 443 g/mol. The van der Waals surface area contributed by atoms with E-state index in [4.69, 9.17) is 21.6 Å². The molecule has 0 atom stereocenters. The lowest BCUT2D eigenvalue weighted by Gasteiger charge is -2.30. The van der Waals surface area contributed by atoms with Crippen LogP contribution in [0.3, 0.4) is 0 Å². The summed E-state index contributed by atoms with van der Waals surface area (Å²) in [7, 11) is 0. The second-order valence-electron chi connectivity index (χ2n) is 9.19. The number of aromatic nitrogens is 2. The molecule has 0 radical (unpaired) electrons. The zero-order valence-electron chi connectivity index (χ0n) is 19.5. The summed E-state index contributed by atoms with van der Waals surface area (Å²) in [5, 5.41) is 0. The molecule has 1 saturated heterocycles. The van der Waals surface area contributed by atoms with Gasteiger partial charge < -0.3 is 9.80 Å². The number of carbonyl (C=O) groups is 1. The summed E-state index contributed by atoms with van der Waals surface area (Å²) in [6, 6.07) is 8.69. The minimum Gasteiger partial charge on any atom is -0.354 e. The SMILES string of the molecule is CCc1nc(C)nc(N2CCCN(C(=O)C(C)(C)CCl)CC2)c1Cc1ccc(C)cc1. The van der Waals surface area contributed by atoms with Crippen LogP contribution >= 0.6 is 11.6 Å². The van der Waals surface area contributed by atoms with Crippen molar-refractivity contribution in [2.45, 2.75) is 53.9 Å². The van der Waals surface area contributed by atoms with Crippen LogP contribution in [0, 0.1) is 19.3 Å². The number of amides is 1. The number of rotatable bonds is 6. The third-order valence-corrected chi connectivity index (χ3v) is 6.68. The number of benzene rings is 1. The summed E-state index contributed by atoms with van der Waals surface area (Å²) in [6.45, 7) is 13.2. The molecule has 0 aliphatic carbocycles. The molecule has 0 N–H and O–H groups in total. The molecule has 3 rings (SSSR count). The van der Waals surface area contributed by atoms with E-state index in [9.17, 15) is 4.79 Å². The van der Waals surface area contributed by atoms with Crippen LogP contribution in [-0.4, -0.2) is 52.8 Å². The Morgan fingerprint density at radius 1 is 1.06 bits per heavy atom. The number of hydrogen-bond donors (Lipinski definition) is 0. The summed E-state index contributed by atoms with van der Waals surface area (Å²) >= 11 is 6.06. The third kappa shape index (κ3) is 5.57. The molecule has 1 fully saturated rings. The molecule has 0 unspecified atom stereocenters. The van der Waals surface area contributed by atoms with Crippen molar-refractivity contribution >= 4 is 23.3 Å². The first-order chi connectivity index (χ1) is 14.7. The van der Waals surface area contributed by atoms with E-state index < -0.39 is 5.41 Å². The second-order valence-corrected chi connectivity index (χ2v) is 9.45. The number of carbonyl (C=O) groups excluding carboxylic acids is 1. The van der Waals surface area contributed by atoms with Crippen molar-refractivity contribution in [3.63, 3.8) is 0 Å². The fourth-order valence-corrected chi connectivity index (χ4v) is 4.21. The lowest BCUT2D eigenvalue weighted by atomic mass is 9.94. The molecule has 168 valence electrons. The molecule has 1 aromatic heterocycles. The molecule has 5 nitrogen and oxygen atoms in total. The topological polar surface area (TPSA) is 49.3 Å². The van der Waals surface area contributed by atoms with Gasteiger partial charge in [-0.2, -0.15) is 0 Å². The van der Waals surface area contributed by atoms with Gasteiger partial charge in [0.2, 0.25) is 5.91 Å². The molecule has 6 heteroatoms. The molecular formula is C25H35ClN4O. The second kappa shape index (κ2) is 9.99. The van der Waals surface area contributed by atoms with E-state index in [1.54, 1.807) is 0 Å². The monoisotopic (exact) mass is 442 g/mol. The van der Waals surface area contributed by atoms with Gasteiger partial charge in [0.05, 0.1) is 5.41 Å². The summed E-state index contributed by atoms with van der Waals surface area (Å²) < 4.78 is 0. The van der Waals surface area contributed by atoms with Crippen molar-refractivity contribution in [1.29, 1.82) is 0 Å². The number of alkyl halides is 1. The van der Waals surface area contributed by atoms with Crippen LogP contribution in [-0.2, 0) is 17.6 Å². The predicted octanol–water partition coefficient (Wildman–Crippen LogP) is 4.55. The van der Waals surface area contributed by atoms with E-state index in [2.05, 4.69) is 43.0 Å². The smallest absolute Gasteiger partial charge is 0.229 e. The van der Waals surface area contributed by atoms with Crippen molar-refractivity contribution in [3.05, 3.63) is 52.5 Å². The fourth-order valence-electron chi connectivity index (χ4n) is 4.10. The Labute approximate surface area is 191 Å². The summed E-state index contributed by atoms with van der Waals surface area (Å²) in [5.41, 5.74) is 4.32. The van der Waals surface area contributed by atoms with Crippen LogP contribution in [0.5, 0.6) is 0 Å². The minimum atomic E-state index is -0.534. The molecule has 0 spiro atoms. The molecule has 1 aliphatic heterocycles. The van der Waals surface area contributed by atoms with Crippen LogP contribution in [0.25, 0.3) is 0 Å². The molecule has 0 bridgehead atoms. The van der Waals surface area contributed by atoms with Gasteiger partial charge in [0.15, 0.2) is 0 Å². The first-order valence-electron chi connectivity index (χ1n) is 11.3. The quantitative estimate of drug-likeness (QED) is 0.616. The van der Waals surface area contributed by atoms with Gasteiger partial charge in [0.1, 0.15) is 11.6 Å². The molecule has 31 heavy (non-hydrogen) atoms. The summed E-state index contributed by atoms with van der Waals surface area (Å²) in [6.07, 6.45) is 2.61. The fraction of sp³-hybridized carbons (Fsp3) is 0.560. The van der Waals surface area contributed by atoms with Gasteiger partial charge in [-0.1, -0.05) is 36.8 Å². The maximum absolute atomic E-state index is 12.9. The van der Waals surface area contributed by atoms with Crippen LogP contribution in [0.1, 0.15) is 55.4 Å². The number of hydrogen-bond acceptors (Lipinski definition) is 4. The van der Waals surface area contributed by atoms with Crippen LogP contribution in [0.15, 0.2) is 24.3 Å². The Morgan fingerprint density at radius 3 is 2.42 bits per heavy atom. The van der Waals surface area contributed by atoms with Gasteiger partial charge in [-0.05, 0) is 46.1 Å². The lowest BCUT2D eigenvalue weighted by molar-refractivity contribution is -0.139. The number of aryl methyl sites for hydroxylation is 3. The van der Waals surface area contributed by atoms with E-state index in [1.807, 2.05) is 25.7 Å². The Bertz CT molecular complexity index is 910. The number of nitrogens with zero attached hydrogens (tertiary/aromatic N) is 4. The van der Waals surface area contributed by atoms with Gasteiger partial charge in [0.25, 0.3) is 0 Å². The predicted molar refractivity (Wildman–Crippen MR) is 128 cm³/mol. The molecule has 1 aromatic carbocycles. The molecule has 0 saturated carbocycles. The van der Waals surface area contributed by atoms with Crippen LogP contribution < -0.4 is 4.90 Å². The first kappa shape index (κ1) is 23.5. The maximum atomic E-state index is 12.9. The van der Waals surface area contributed by atoms with Crippen molar-refractivity contribution in [2.75, 3.05) is 37.0 Å². The van der Waals surface area contributed by atoms with Gasteiger partial charge in [-0.25, -0.2) is 9.97 Å². The van der Waals surface area contributed by atoms with E-state index in [-0.39, 0.29) is 5.91 Å². The van der Waals surface area contributed by atoms with Gasteiger partial charge in [0, 0.05) is 49.7 Å². The van der Waals surface area contributed by atoms with Crippen molar-refractivity contribution in [1.82, 2.24) is 14.9 Å². The minimum absolute atomic E-state index is 0.136. The standard InChI is InChI=1S/C25H35ClN4O/c1-6-22-21(16-20-10-8-18(2)9-11-20)23(28-19(3)27-22)29-12-7-13-30(15-14-29)24(31)25(4,5)17-26/h8-11H,6-7,12-17H2,1-5H3. The van der Waals surface area contributed by atoms with Crippen molar-refractivity contribution in [3.8, 4) is 0 Å². The molecular weight excluding hydrogens is 408 g/mol. The number of halogens is 1. The number of anilines is 1. The Morgan fingerprint density at radius 2 is 1.77 bits per heavy atom. The Kier molecular flexibility index (Phi) is 7.58. The van der Waals surface area contributed by atoms with Gasteiger partial charge in [-0.15, -0.1) is 11.6 Å². The van der Waals surface area contributed by atoms with Crippen molar-refractivity contribution < 1.29 is 4.79 Å². The highest BCUT2D eigenvalue weighted by molar-refractivity contribution is 6.19.